The Kier molecular flexibility index (Phi) is 6.61. The Labute approximate surface area is 183 Å². The highest BCUT2D eigenvalue weighted by Gasteiger charge is 2.44. The van der Waals surface area contributed by atoms with Crippen molar-refractivity contribution in [2.24, 2.45) is 0 Å². The number of rotatable bonds is 8. The fourth-order valence-electron chi connectivity index (χ4n) is 4.91. The predicted octanol–water partition coefficient (Wildman–Crippen LogP) is 6.60. The minimum atomic E-state index is -2.02. The van der Waals surface area contributed by atoms with Gasteiger partial charge in [-0.15, -0.1) is 0 Å². The van der Waals surface area contributed by atoms with Crippen LogP contribution in [-0.2, 0) is 5.41 Å². The van der Waals surface area contributed by atoms with Gasteiger partial charge in [-0.25, -0.2) is 0 Å². The molecule has 30 heavy (non-hydrogen) atoms. The van der Waals surface area contributed by atoms with Crippen LogP contribution in [0.3, 0.4) is 0 Å². The van der Waals surface area contributed by atoms with Gasteiger partial charge in [0.25, 0.3) is 0 Å². The van der Waals surface area contributed by atoms with Crippen molar-refractivity contribution >= 4 is 19.3 Å². The monoisotopic (exact) mass is 420 g/mol. The van der Waals surface area contributed by atoms with E-state index in [1.165, 1.54) is 21.9 Å². The van der Waals surface area contributed by atoms with E-state index >= 15 is 0 Å². The van der Waals surface area contributed by atoms with Gasteiger partial charge in [-0.1, -0.05) is 95.8 Å². The lowest BCUT2D eigenvalue weighted by atomic mass is 9.86. The first-order valence-electron chi connectivity index (χ1n) is 11.1. The van der Waals surface area contributed by atoms with Crippen molar-refractivity contribution in [2.75, 3.05) is 13.7 Å². The number of allylic oxidation sites excluding steroid dienone is 1. The summed E-state index contributed by atoms with van der Waals surface area (Å²) in [4.78, 5) is 0. The van der Waals surface area contributed by atoms with Crippen LogP contribution in [0, 0.1) is 0 Å². The molecular weight excluding hydrogens is 384 g/mol. The van der Waals surface area contributed by atoms with E-state index in [4.69, 9.17) is 9.47 Å². The van der Waals surface area contributed by atoms with Gasteiger partial charge in [0, 0.05) is 11.1 Å². The average molecular weight is 421 g/mol. The van der Waals surface area contributed by atoms with Crippen LogP contribution in [0.5, 0.6) is 11.5 Å². The van der Waals surface area contributed by atoms with Gasteiger partial charge in [0.1, 0.15) is 26.2 Å². The molecule has 1 atom stereocenters. The number of fused-ring (bicyclic) bond motifs is 1. The fourth-order valence-corrected chi connectivity index (χ4v) is 9.80. The van der Waals surface area contributed by atoms with Gasteiger partial charge < -0.3 is 9.47 Å². The summed E-state index contributed by atoms with van der Waals surface area (Å²) in [5, 5.41) is 1.38. The maximum atomic E-state index is 6.44. The Morgan fingerprint density at radius 3 is 2.40 bits per heavy atom. The first kappa shape index (κ1) is 22.4. The molecular formula is C27H36O2Si. The third-order valence-corrected chi connectivity index (χ3v) is 12.3. The quantitative estimate of drug-likeness (QED) is 0.354. The van der Waals surface area contributed by atoms with Crippen molar-refractivity contribution in [3.8, 4) is 11.5 Å². The second-order valence-electron chi connectivity index (χ2n) is 9.23. The van der Waals surface area contributed by atoms with Gasteiger partial charge >= 0.3 is 0 Å². The van der Waals surface area contributed by atoms with Crippen LogP contribution in [0.2, 0.25) is 12.1 Å². The molecule has 0 heterocycles. The number of methoxy groups -OCH3 is 1. The van der Waals surface area contributed by atoms with Crippen molar-refractivity contribution in [3.05, 3.63) is 71.8 Å². The smallest absolute Gasteiger partial charge is 0.123 e. The maximum absolute atomic E-state index is 6.44. The molecule has 160 valence electrons. The molecule has 0 fully saturated rings. The van der Waals surface area contributed by atoms with Crippen LogP contribution in [-0.4, -0.2) is 21.8 Å². The van der Waals surface area contributed by atoms with E-state index in [2.05, 4.69) is 89.7 Å². The molecule has 0 N–H and O–H groups in total. The van der Waals surface area contributed by atoms with E-state index < -0.39 is 8.07 Å². The van der Waals surface area contributed by atoms with E-state index in [-0.39, 0.29) is 5.41 Å². The van der Waals surface area contributed by atoms with Crippen LogP contribution in [0.25, 0.3) is 6.08 Å². The summed E-state index contributed by atoms with van der Waals surface area (Å²) in [5.41, 5.74) is 4.42. The Hall–Kier alpha value is -2.26. The van der Waals surface area contributed by atoms with E-state index in [1.807, 2.05) is 6.08 Å². The summed E-state index contributed by atoms with van der Waals surface area (Å²) in [6.07, 6.45) is 6.59. The third-order valence-electron chi connectivity index (χ3n) is 6.64. The lowest BCUT2D eigenvalue weighted by Crippen LogP contribution is -2.52. The highest BCUT2D eigenvalue weighted by Crippen LogP contribution is 2.44. The molecule has 0 radical (unpaired) electrons. The van der Waals surface area contributed by atoms with E-state index in [0.29, 0.717) is 12.1 Å². The molecule has 0 aliphatic heterocycles. The molecule has 1 unspecified atom stereocenters. The first-order chi connectivity index (χ1) is 14.3. The minimum absolute atomic E-state index is 0.0508. The average Bonchev–Trinajstić information content (AvgIpc) is 3.17. The molecule has 0 bridgehead atoms. The molecule has 2 aromatic carbocycles. The molecule has 1 aliphatic rings. The molecule has 0 aromatic heterocycles. The molecule has 0 spiro atoms. The number of ether oxygens (including phenoxy) is 2. The first-order valence-corrected chi connectivity index (χ1v) is 13.5. The minimum Gasteiger partial charge on any atom is -0.497 e. The van der Waals surface area contributed by atoms with Crippen molar-refractivity contribution < 1.29 is 9.47 Å². The zero-order chi connectivity index (χ0) is 21.9. The fraction of sp³-hybridized carbons (Fsp3) is 0.407. The summed E-state index contributed by atoms with van der Waals surface area (Å²) in [6, 6.07) is 15.6. The molecule has 2 aromatic rings. The highest BCUT2D eigenvalue weighted by molar-refractivity contribution is 6.94. The van der Waals surface area contributed by atoms with E-state index in [0.717, 1.165) is 23.6 Å². The van der Waals surface area contributed by atoms with Gasteiger partial charge in [-0.3, -0.25) is 0 Å². The van der Waals surface area contributed by atoms with Crippen LogP contribution in [0.15, 0.2) is 55.1 Å². The second-order valence-corrected chi connectivity index (χ2v) is 14.1. The van der Waals surface area contributed by atoms with Crippen LogP contribution in [0.1, 0.15) is 56.9 Å². The van der Waals surface area contributed by atoms with Crippen molar-refractivity contribution in [3.63, 3.8) is 0 Å². The summed E-state index contributed by atoms with van der Waals surface area (Å²) < 4.78 is 12.2. The summed E-state index contributed by atoms with van der Waals surface area (Å²) in [6.45, 7) is 15.9. The lowest BCUT2D eigenvalue weighted by Gasteiger charge is -2.39. The number of benzene rings is 2. The van der Waals surface area contributed by atoms with Crippen molar-refractivity contribution in [1.82, 2.24) is 0 Å². The summed E-state index contributed by atoms with van der Waals surface area (Å²) in [5.74, 6) is 1.98. The molecule has 0 saturated carbocycles. The Morgan fingerprint density at radius 2 is 1.80 bits per heavy atom. The van der Waals surface area contributed by atoms with Gasteiger partial charge in [0.2, 0.25) is 0 Å². The molecule has 1 aliphatic carbocycles. The molecule has 0 amide bonds. The van der Waals surface area contributed by atoms with Crippen LogP contribution in [0.4, 0.5) is 0 Å². The zero-order valence-electron chi connectivity index (χ0n) is 19.4. The van der Waals surface area contributed by atoms with E-state index in [9.17, 15) is 0 Å². The SMILES string of the molecule is C=CCOc1c(C(C)(C)C)cc(OC)cc1[Si](CC)(CC)C1C=Cc2ccccc21. The second kappa shape index (κ2) is 8.85. The molecule has 0 saturated heterocycles. The number of hydrogen-bond acceptors (Lipinski definition) is 2. The topological polar surface area (TPSA) is 18.5 Å². The zero-order valence-corrected chi connectivity index (χ0v) is 20.4. The Balaban J connectivity index is 2.31. The van der Waals surface area contributed by atoms with Gasteiger partial charge in [-0.2, -0.15) is 0 Å². The lowest BCUT2D eigenvalue weighted by molar-refractivity contribution is 0.351. The van der Waals surface area contributed by atoms with Crippen LogP contribution < -0.4 is 14.7 Å². The molecule has 3 rings (SSSR count). The van der Waals surface area contributed by atoms with Crippen LogP contribution >= 0.6 is 0 Å². The molecule has 2 nitrogen and oxygen atoms in total. The van der Waals surface area contributed by atoms with Gasteiger partial charge in [-0.05, 0) is 33.9 Å². The normalized spacial score (nSPS) is 15.7. The standard InChI is InChI=1S/C27H36O2Si/c1-8-17-29-26-23(27(4,5)6)18-21(28-7)19-25(26)30(9-2,10-3)24-16-15-20-13-11-12-14-22(20)24/h8,11-16,18-19,24H,1,9-10,17H2,2-7H3. The Morgan fingerprint density at radius 1 is 1.10 bits per heavy atom. The van der Waals surface area contributed by atoms with Gasteiger partial charge in [0.05, 0.1) is 7.11 Å². The molecule has 3 heteroatoms. The van der Waals surface area contributed by atoms with Gasteiger partial charge in [0.15, 0.2) is 0 Å². The maximum Gasteiger partial charge on any atom is 0.123 e. The number of hydrogen-bond donors (Lipinski definition) is 0. The van der Waals surface area contributed by atoms with Crippen molar-refractivity contribution in [1.29, 1.82) is 0 Å². The summed E-state index contributed by atoms with van der Waals surface area (Å²) >= 11 is 0. The van der Waals surface area contributed by atoms with Crippen molar-refractivity contribution in [2.45, 2.75) is 57.7 Å². The van der Waals surface area contributed by atoms with E-state index in [1.54, 1.807) is 7.11 Å². The largest absolute Gasteiger partial charge is 0.497 e. The highest BCUT2D eigenvalue weighted by atomic mass is 28.3. The Bertz CT molecular complexity index is 932. The third kappa shape index (κ3) is 3.88. The summed E-state index contributed by atoms with van der Waals surface area (Å²) in [7, 11) is -0.251. The predicted molar refractivity (Wildman–Crippen MR) is 132 cm³/mol.